The number of anilines is 1. The van der Waals surface area contributed by atoms with Crippen molar-refractivity contribution in [2.24, 2.45) is 0 Å². The fourth-order valence-corrected chi connectivity index (χ4v) is 2.74. The fourth-order valence-electron chi connectivity index (χ4n) is 1.98. The first kappa shape index (κ1) is 13.1. The lowest BCUT2D eigenvalue weighted by molar-refractivity contribution is 0.623. The second kappa shape index (κ2) is 5.98. The molecule has 1 heterocycles. The van der Waals surface area contributed by atoms with Crippen LogP contribution in [0.15, 0.2) is 35.7 Å². The number of nitrogens with one attached hydrogen (secondary N) is 1. The third-order valence-electron chi connectivity index (χ3n) is 2.79. The van der Waals surface area contributed by atoms with Crippen LogP contribution in [0.5, 0.6) is 0 Å². The van der Waals surface area contributed by atoms with Crippen LogP contribution in [-0.2, 0) is 13.1 Å². The Morgan fingerprint density at radius 1 is 1.33 bits per heavy atom. The zero-order chi connectivity index (χ0) is 13.0. The monoisotopic (exact) mass is 264 g/mol. The van der Waals surface area contributed by atoms with E-state index in [0.717, 1.165) is 17.8 Å². The molecule has 0 spiro atoms. The molecule has 2 aromatic rings. The van der Waals surface area contributed by atoms with Gasteiger partial charge in [-0.25, -0.2) is 4.39 Å². The Balaban J connectivity index is 2.20. The van der Waals surface area contributed by atoms with Crippen molar-refractivity contribution in [3.8, 4) is 0 Å². The van der Waals surface area contributed by atoms with E-state index in [-0.39, 0.29) is 5.82 Å². The van der Waals surface area contributed by atoms with Crippen molar-refractivity contribution in [3.05, 3.63) is 52.0 Å². The fraction of sp³-hybridized carbons (Fsp3) is 0.286. The quantitative estimate of drug-likeness (QED) is 0.892. The Morgan fingerprint density at radius 2 is 2.17 bits per heavy atom. The molecule has 2 rings (SSSR count). The molecule has 0 atom stereocenters. The number of hydrogen-bond donors (Lipinski definition) is 1. The highest BCUT2D eigenvalue weighted by Crippen LogP contribution is 2.23. The molecule has 0 bridgehead atoms. The van der Waals surface area contributed by atoms with Gasteiger partial charge in [0, 0.05) is 24.2 Å². The minimum Gasteiger partial charge on any atom is -0.369 e. The predicted molar refractivity (Wildman–Crippen MR) is 75.6 cm³/mol. The summed E-state index contributed by atoms with van der Waals surface area (Å²) in [7, 11) is 3.90. The Kier molecular flexibility index (Phi) is 4.33. The lowest BCUT2D eigenvalue weighted by Gasteiger charge is -2.22. The largest absolute Gasteiger partial charge is 0.369 e. The number of thiophene rings is 1. The number of halogens is 1. The Labute approximate surface area is 111 Å². The lowest BCUT2D eigenvalue weighted by Crippen LogP contribution is -2.19. The van der Waals surface area contributed by atoms with E-state index < -0.39 is 0 Å². The van der Waals surface area contributed by atoms with Gasteiger partial charge in [0.25, 0.3) is 0 Å². The Morgan fingerprint density at radius 3 is 2.83 bits per heavy atom. The molecule has 4 heteroatoms. The molecule has 2 nitrogen and oxygen atoms in total. The maximum absolute atomic E-state index is 13.3. The van der Waals surface area contributed by atoms with E-state index in [4.69, 9.17) is 0 Å². The molecule has 0 aliphatic carbocycles. The van der Waals surface area contributed by atoms with E-state index >= 15 is 0 Å². The van der Waals surface area contributed by atoms with Crippen molar-refractivity contribution in [2.45, 2.75) is 13.1 Å². The van der Waals surface area contributed by atoms with E-state index in [2.05, 4.69) is 21.7 Å². The molecule has 0 aliphatic heterocycles. The van der Waals surface area contributed by atoms with Gasteiger partial charge in [0.1, 0.15) is 5.82 Å². The second-order valence-electron chi connectivity index (χ2n) is 4.24. The van der Waals surface area contributed by atoms with Crippen molar-refractivity contribution in [1.29, 1.82) is 0 Å². The van der Waals surface area contributed by atoms with Crippen molar-refractivity contribution in [2.75, 3.05) is 19.0 Å². The Bertz CT molecular complexity index is 497. The van der Waals surface area contributed by atoms with E-state index in [1.807, 2.05) is 26.2 Å². The lowest BCUT2D eigenvalue weighted by atomic mass is 10.1. The maximum Gasteiger partial charge on any atom is 0.123 e. The summed E-state index contributed by atoms with van der Waals surface area (Å²) in [6.45, 7) is 1.52. The molecular weight excluding hydrogens is 247 g/mol. The van der Waals surface area contributed by atoms with Crippen LogP contribution in [0.25, 0.3) is 0 Å². The summed E-state index contributed by atoms with van der Waals surface area (Å²) in [5.41, 5.74) is 2.05. The molecule has 0 saturated heterocycles. The van der Waals surface area contributed by atoms with Gasteiger partial charge in [-0.05, 0) is 42.3 Å². The Hall–Kier alpha value is -1.39. The van der Waals surface area contributed by atoms with Crippen LogP contribution >= 0.6 is 11.3 Å². The first-order chi connectivity index (χ1) is 8.70. The third kappa shape index (κ3) is 3.09. The van der Waals surface area contributed by atoms with Crippen LogP contribution in [0.4, 0.5) is 10.1 Å². The molecule has 0 radical (unpaired) electrons. The average molecular weight is 264 g/mol. The molecule has 0 fully saturated rings. The topological polar surface area (TPSA) is 15.3 Å². The summed E-state index contributed by atoms with van der Waals surface area (Å²) >= 11 is 1.74. The number of rotatable bonds is 5. The van der Waals surface area contributed by atoms with Crippen molar-refractivity contribution in [1.82, 2.24) is 5.32 Å². The summed E-state index contributed by atoms with van der Waals surface area (Å²) in [6.07, 6.45) is 0. The van der Waals surface area contributed by atoms with E-state index in [1.54, 1.807) is 17.4 Å². The van der Waals surface area contributed by atoms with Crippen LogP contribution < -0.4 is 10.2 Å². The van der Waals surface area contributed by atoms with E-state index in [9.17, 15) is 4.39 Å². The smallest absolute Gasteiger partial charge is 0.123 e. The molecule has 96 valence electrons. The second-order valence-corrected chi connectivity index (χ2v) is 5.27. The SMILES string of the molecule is CNCc1cc(F)ccc1N(C)Cc1cccs1. The zero-order valence-electron chi connectivity index (χ0n) is 10.6. The predicted octanol–water partition coefficient (Wildman–Crippen LogP) is 3.24. The van der Waals surface area contributed by atoms with Crippen molar-refractivity contribution < 1.29 is 4.39 Å². The van der Waals surface area contributed by atoms with Crippen LogP contribution in [-0.4, -0.2) is 14.1 Å². The van der Waals surface area contributed by atoms with Crippen LogP contribution in [0.3, 0.4) is 0 Å². The molecule has 1 N–H and O–H groups in total. The van der Waals surface area contributed by atoms with E-state index in [0.29, 0.717) is 6.54 Å². The first-order valence-corrected chi connectivity index (χ1v) is 6.75. The highest BCUT2D eigenvalue weighted by molar-refractivity contribution is 7.09. The van der Waals surface area contributed by atoms with Gasteiger partial charge in [0.05, 0.1) is 6.54 Å². The van der Waals surface area contributed by atoms with Crippen LogP contribution in [0.1, 0.15) is 10.4 Å². The van der Waals surface area contributed by atoms with Gasteiger partial charge in [-0.3, -0.25) is 0 Å². The van der Waals surface area contributed by atoms with Crippen LogP contribution in [0, 0.1) is 5.82 Å². The average Bonchev–Trinajstić information content (AvgIpc) is 2.82. The number of benzene rings is 1. The molecule has 0 amide bonds. The maximum atomic E-state index is 13.3. The minimum atomic E-state index is -0.187. The van der Waals surface area contributed by atoms with Gasteiger partial charge < -0.3 is 10.2 Å². The summed E-state index contributed by atoms with van der Waals surface area (Å²) in [6, 6.07) is 9.11. The standard InChI is InChI=1S/C14H17FN2S/c1-16-9-11-8-12(15)5-6-14(11)17(2)10-13-4-3-7-18-13/h3-8,16H,9-10H2,1-2H3. The zero-order valence-corrected chi connectivity index (χ0v) is 11.4. The van der Waals surface area contributed by atoms with E-state index in [1.165, 1.54) is 10.9 Å². The van der Waals surface area contributed by atoms with Gasteiger partial charge in [0.2, 0.25) is 0 Å². The number of nitrogens with zero attached hydrogens (tertiary/aromatic N) is 1. The molecule has 1 aromatic carbocycles. The van der Waals surface area contributed by atoms with Crippen molar-refractivity contribution >= 4 is 17.0 Å². The first-order valence-electron chi connectivity index (χ1n) is 5.87. The summed E-state index contributed by atoms with van der Waals surface area (Å²) in [5.74, 6) is -0.187. The van der Waals surface area contributed by atoms with Gasteiger partial charge >= 0.3 is 0 Å². The van der Waals surface area contributed by atoms with Gasteiger partial charge in [0.15, 0.2) is 0 Å². The molecule has 1 aromatic heterocycles. The molecular formula is C14H17FN2S. The summed E-state index contributed by atoms with van der Waals surface area (Å²) in [4.78, 5) is 3.45. The normalized spacial score (nSPS) is 10.6. The van der Waals surface area contributed by atoms with Crippen LogP contribution in [0.2, 0.25) is 0 Å². The molecule has 0 unspecified atom stereocenters. The molecule has 18 heavy (non-hydrogen) atoms. The summed E-state index contributed by atoms with van der Waals surface area (Å²) in [5, 5.41) is 5.15. The molecule has 0 saturated carbocycles. The number of hydrogen-bond acceptors (Lipinski definition) is 3. The highest BCUT2D eigenvalue weighted by Gasteiger charge is 2.09. The van der Waals surface area contributed by atoms with Gasteiger partial charge in [-0.1, -0.05) is 6.07 Å². The molecule has 0 aliphatic rings. The third-order valence-corrected chi connectivity index (χ3v) is 3.65. The van der Waals surface area contributed by atoms with Crippen molar-refractivity contribution in [3.63, 3.8) is 0 Å². The summed E-state index contributed by atoms with van der Waals surface area (Å²) < 4.78 is 13.3. The minimum absolute atomic E-state index is 0.187. The van der Waals surface area contributed by atoms with Gasteiger partial charge in [-0.15, -0.1) is 11.3 Å². The van der Waals surface area contributed by atoms with Gasteiger partial charge in [-0.2, -0.15) is 0 Å². The highest BCUT2D eigenvalue weighted by atomic mass is 32.1.